The van der Waals surface area contributed by atoms with Gasteiger partial charge in [0.2, 0.25) is 10.0 Å². The standard InChI is InChI=1S/C12H13FN2O2S/c1-8-5-9(8)7-15-18(16,17)12-4-2-3-11(13)10(12)6-14/h2-4,8-9,15H,5,7H2,1H3. The number of sulfonamides is 1. The van der Waals surface area contributed by atoms with Crippen LogP contribution in [-0.4, -0.2) is 15.0 Å². The minimum atomic E-state index is -3.82. The normalized spacial score (nSPS) is 22.5. The van der Waals surface area contributed by atoms with E-state index in [1.165, 1.54) is 12.1 Å². The third kappa shape index (κ3) is 2.52. The second-order valence-corrected chi connectivity index (χ2v) is 6.29. The van der Waals surface area contributed by atoms with Crippen LogP contribution in [0.15, 0.2) is 23.1 Å². The quantitative estimate of drug-likeness (QED) is 0.902. The van der Waals surface area contributed by atoms with Crippen LogP contribution < -0.4 is 4.72 Å². The summed E-state index contributed by atoms with van der Waals surface area (Å²) >= 11 is 0. The second-order valence-electron chi connectivity index (χ2n) is 4.55. The van der Waals surface area contributed by atoms with Crippen molar-refractivity contribution < 1.29 is 12.8 Å². The molecule has 1 saturated carbocycles. The Kier molecular flexibility index (Phi) is 3.37. The van der Waals surface area contributed by atoms with Crippen molar-refractivity contribution >= 4 is 10.0 Å². The molecule has 18 heavy (non-hydrogen) atoms. The van der Waals surface area contributed by atoms with E-state index in [-0.39, 0.29) is 4.90 Å². The van der Waals surface area contributed by atoms with E-state index in [1.54, 1.807) is 6.07 Å². The SMILES string of the molecule is CC1CC1CNS(=O)(=O)c1cccc(F)c1C#N. The van der Waals surface area contributed by atoms with Gasteiger partial charge in [-0.1, -0.05) is 13.0 Å². The molecule has 0 radical (unpaired) electrons. The van der Waals surface area contributed by atoms with Crippen molar-refractivity contribution in [2.24, 2.45) is 11.8 Å². The number of benzene rings is 1. The second kappa shape index (κ2) is 4.67. The van der Waals surface area contributed by atoms with E-state index in [1.807, 2.05) is 6.92 Å². The molecule has 0 heterocycles. The molecule has 0 amide bonds. The van der Waals surface area contributed by atoms with Crippen LogP contribution >= 0.6 is 0 Å². The van der Waals surface area contributed by atoms with Gasteiger partial charge in [-0.05, 0) is 30.4 Å². The number of rotatable bonds is 4. The summed E-state index contributed by atoms with van der Waals surface area (Å²) in [4.78, 5) is -0.293. The number of nitrogens with zero attached hydrogens (tertiary/aromatic N) is 1. The highest BCUT2D eigenvalue weighted by Crippen LogP contribution is 2.37. The predicted octanol–water partition coefficient (Wildman–Crippen LogP) is 1.63. The molecule has 0 saturated heterocycles. The maximum atomic E-state index is 13.3. The van der Waals surface area contributed by atoms with Gasteiger partial charge in [-0.3, -0.25) is 0 Å². The van der Waals surface area contributed by atoms with E-state index >= 15 is 0 Å². The van der Waals surface area contributed by atoms with Crippen LogP contribution in [0.2, 0.25) is 0 Å². The van der Waals surface area contributed by atoms with E-state index in [0.717, 1.165) is 12.5 Å². The summed E-state index contributed by atoms with van der Waals surface area (Å²) in [5.74, 6) is 0.0506. The van der Waals surface area contributed by atoms with Crippen LogP contribution in [-0.2, 0) is 10.0 Å². The first kappa shape index (κ1) is 13.0. The van der Waals surface area contributed by atoms with Crippen LogP contribution in [0.3, 0.4) is 0 Å². The Bertz CT molecular complexity index is 607. The molecule has 0 aromatic heterocycles. The first-order valence-corrected chi connectivity index (χ1v) is 7.12. The lowest BCUT2D eigenvalue weighted by Crippen LogP contribution is -2.27. The Labute approximate surface area is 105 Å². The van der Waals surface area contributed by atoms with Gasteiger partial charge in [-0.25, -0.2) is 17.5 Å². The van der Waals surface area contributed by atoms with E-state index in [2.05, 4.69) is 4.72 Å². The molecule has 0 aliphatic heterocycles. The molecule has 1 aromatic rings. The fourth-order valence-corrected chi connectivity index (χ4v) is 3.07. The Hall–Kier alpha value is -1.45. The van der Waals surface area contributed by atoms with Gasteiger partial charge in [0.1, 0.15) is 22.3 Å². The largest absolute Gasteiger partial charge is 0.242 e. The Morgan fingerprint density at radius 3 is 2.78 bits per heavy atom. The third-order valence-corrected chi connectivity index (χ3v) is 4.65. The molecule has 1 aliphatic rings. The molecule has 2 unspecified atom stereocenters. The van der Waals surface area contributed by atoms with E-state index in [0.29, 0.717) is 18.4 Å². The monoisotopic (exact) mass is 268 g/mol. The van der Waals surface area contributed by atoms with Crippen molar-refractivity contribution in [1.82, 2.24) is 4.72 Å². The molecule has 0 bridgehead atoms. The van der Waals surface area contributed by atoms with Gasteiger partial charge >= 0.3 is 0 Å². The highest BCUT2D eigenvalue weighted by Gasteiger charge is 2.33. The number of hydrogen-bond acceptors (Lipinski definition) is 3. The molecule has 96 valence electrons. The van der Waals surface area contributed by atoms with Gasteiger partial charge in [-0.15, -0.1) is 0 Å². The summed E-state index contributed by atoms with van der Waals surface area (Å²) in [6.45, 7) is 2.38. The van der Waals surface area contributed by atoms with Crippen LogP contribution in [0, 0.1) is 29.0 Å². The maximum Gasteiger partial charge on any atom is 0.242 e. The lowest BCUT2D eigenvalue weighted by molar-refractivity contribution is 0.570. The van der Waals surface area contributed by atoms with Gasteiger partial charge in [0.25, 0.3) is 0 Å². The topological polar surface area (TPSA) is 70.0 Å². The maximum absolute atomic E-state index is 13.3. The molecular weight excluding hydrogens is 255 g/mol. The summed E-state index contributed by atoms with van der Waals surface area (Å²) in [5, 5.41) is 8.81. The van der Waals surface area contributed by atoms with Crippen molar-refractivity contribution in [3.63, 3.8) is 0 Å². The van der Waals surface area contributed by atoms with Crippen molar-refractivity contribution in [3.05, 3.63) is 29.6 Å². The Morgan fingerprint density at radius 2 is 2.22 bits per heavy atom. The first-order chi connectivity index (χ1) is 8.45. The van der Waals surface area contributed by atoms with Gasteiger partial charge in [0.05, 0.1) is 0 Å². The number of halogens is 1. The van der Waals surface area contributed by atoms with E-state index < -0.39 is 21.4 Å². The Morgan fingerprint density at radius 1 is 1.56 bits per heavy atom. The number of nitrogens with one attached hydrogen (secondary N) is 1. The first-order valence-electron chi connectivity index (χ1n) is 5.64. The highest BCUT2D eigenvalue weighted by molar-refractivity contribution is 7.89. The van der Waals surface area contributed by atoms with Crippen LogP contribution in [0.5, 0.6) is 0 Å². The number of nitriles is 1. The zero-order chi connectivity index (χ0) is 13.3. The van der Waals surface area contributed by atoms with Gasteiger partial charge in [0.15, 0.2) is 0 Å². The molecule has 4 nitrogen and oxygen atoms in total. The predicted molar refractivity (Wildman–Crippen MR) is 63.6 cm³/mol. The van der Waals surface area contributed by atoms with Crippen molar-refractivity contribution in [3.8, 4) is 6.07 Å². The number of hydrogen-bond donors (Lipinski definition) is 1. The molecule has 1 N–H and O–H groups in total. The highest BCUT2D eigenvalue weighted by atomic mass is 32.2. The summed E-state index contributed by atoms with van der Waals surface area (Å²) in [6, 6.07) is 5.18. The molecule has 2 rings (SSSR count). The van der Waals surface area contributed by atoms with E-state index in [9.17, 15) is 12.8 Å². The lowest BCUT2D eigenvalue weighted by Gasteiger charge is -2.08. The summed E-state index contributed by atoms with van der Waals surface area (Å²) in [7, 11) is -3.82. The third-order valence-electron chi connectivity index (χ3n) is 3.19. The van der Waals surface area contributed by atoms with Crippen molar-refractivity contribution in [2.75, 3.05) is 6.54 Å². The van der Waals surface area contributed by atoms with Crippen LogP contribution in [0.1, 0.15) is 18.9 Å². The Balaban J connectivity index is 2.24. The molecule has 2 atom stereocenters. The summed E-state index contributed by atoms with van der Waals surface area (Å²) in [5.41, 5.74) is -0.436. The minimum absolute atomic E-state index is 0.293. The van der Waals surface area contributed by atoms with Crippen LogP contribution in [0.4, 0.5) is 4.39 Å². The average Bonchev–Trinajstić information content (AvgIpc) is 3.03. The molecule has 6 heteroatoms. The fraction of sp³-hybridized carbons (Fsp3) is 0.417. The molecule has 1 aromatic carbocycles. The van der Waals surface area contributed by atoms with Crippen molar-refractivity contribution in [2.45, 2.75) is 18.2 Å². The summed E-state index contributed by atoms with van der Waals surface area (Å²) < 4.78 is 39.7. The molecule has 1 aliphatic carbocycles. The average molecular weight is 268 g/mol. The zero-order valence-electron chi connectivity index (χ0n) is 9.85. The van der Waals surface area contributed by atoms with Crippen LogP contribution in [0.25, 0.3) is 0 Å². The van der Waals surface area contributed by atoms with Crippen molar-refractivity contribution in [1.29, 1.82) is 5.26 Å². The summed E-state index contributed by atoms with van der Waals surface area (Å²) in [6.07, 6.45) is 0.997. The minimum Gasteiger partial charge on any atom is -0.211 e. The molecule has 0 spiro atoms. The van der Waals surface area contributed by atoms with Gasteiger partial charge in [0, 0.05) is 6.54 Å². The molecular formula is C12H13FN2O2S. The lowest BCUT2D eigenvalue weighted by atomic mass is 10.2. The molecule has 1 fully saturated rings. The van der Waals surface area contributed by atoms with Gasteiger partial charge in [-0.2, -0.15) is 5.26 Å². The zero-order valence-corrected chi connectivity index (χ0v) is 10.7. The van der Waals surface area contributed by atoms with Gasteiger partial charge < -0.3 is 0 Å². The fourth-order valence-electron chi connectivity index (χ4n) is 1.81. The van der Waals surface area contributed by atoms with E-state index in [4.69, 9.17) is 5.26 Å². The smallest absolute Gasteiger partial charge is 0.211 e.